The molecule has 8 heteroatoms. The summed E-state index contributed by atoms with van der Waals surface area (Å²) in [6.07, 6.45) is 0.594. The van der Waals surface area contributed by atoms with Crippen LogP contribution in [0.25, 0.3) is 11.1 Å². The van der Waals surface area contributed by atoms with Crippen molar-refractivity contribution >= 4 is 35.1 Å². The predicted octanol–water partition coefficient (Wildman–Crippen LogP) is 4.83. The van der Waals surface area contributed by atoms with Gasteiger partial charge in [0, 0.05) is 43.1 Å². The molecule has 2 N–H and O–H groups in total. The second-order valence-electron chi connectivity index (χ2n) is 7.10. The van der Waals surface area contributed by atoms with Crippen LogP contribution in [0, 0.1) is 6.92 Å². The minimum absolute atomic E-state index is 0.470. The van der Waals surface area contributed by atoms with Gasteiger partial charge in [-0.15, -0.1) is 0 Å². The molecule has 1 aliphatic rings. The zero-order chi connectivity index (χ0) is 20.5. The van der Waals surface area contributed by atoms with Crippen molar-refractivity contribution in [2.75, 3.05) is 25.1 Å². The van der Waals surface area contributed by atoms with Gasteiger partial charge in [0.2, 0.25) is 0 Å². The largest absolute Gasteiger partial charge is 0.496 e. The maximum Gasteiger partial charge on any atom is 0.405 e. The zero-order valence-electron chi connectivity index (χ0n) is 16.1. The number of anilines is 1. The molecule has 2 heterocycles. The molecule has 0 aliphatic carbocycles. The van der Waals surface area contributed by atoms with E-state index < -0.39 is 11.7 Å². The Labute approximate surface area is 174 Å². The summed E-state index contributed by atoms with van der Waals surface area (Å²) in [6, 6.07) is 7.39. The summed E-state index contributed by atoms with van der Waals surface area (Å²) in [7, 11) is 1.62. The number of primary amides is 1. The van der Waals surface area contributed by atoms with Gasteiger partial charge in [0.15, 0.2) is 0 Å². The molecule has 3 rings (SSSR count). The summed E-state index contributed by atoms with van der Waals surface area (Å²) in [6.45, 7) is 5.20. The standard InChI is InChI=1S/C20H23Cl2N3O3/c1-12-17(13-5-4-6-14(21)18(13)22)15(27-3)11-16(24-12)25-9-7-20(2,8-10-25)28-19(23)26/h4-6,11H,7-10H2,1-3H3,(H2,23,26). The summed E-state index contributed by atoms with van der Waals surface area (Å²) in [5.74, 6) is 1.48. The molecule has 1 saturated heterocycles. The van der Waals surface area contributed by atoms with E-state index in [0.717, 1.165) is 22.6 Å². The lowest BCUT2D eigenvalue weighted by molar-refractivity contribution is 0.0126. The zero-order valence-corrected chi connectivity index (χ0v) is 17.6. The SMILES string of the molecule is COc1cc(N2CCC(C)(OC(N)=O)CC2)nc(C)c1-c1cccc(Cl)c1Cl. The number of nitrogens with two attached hydrogens (primary N) is 1. The Kier molecular flexibility index (Phi) is 5.91. The van der Waals surface area contributed by atoms with Gasteiger partial charge in [-0.3, -0.25) is 0 Å². The first-order valence-corrected chi connectivity index (χ1v) is 9.73. The molecule has 28 heavy (non-hydrogen) atoms. The van der Waals surface area contributed by atoms with Crippen LogP contribution in [0.5, 0.6) is 5.75 Å². The topological polar surface area (TPSA) is 77.7 Å². The van der Waals surface area contributed by atoms with E-state index in [1.807, 2.05) is 32.0 Å². The van der Waals surface area contributed by atoms with Gasteiger partial charge >= 0.3 is 6.09 Å². The molecular formula is C20H23Cl2N3O3. The Morgan fingerprint density at radius 3 is 2.57 bits per heavy atom. The smallest absolute Gasteiger partial charge is 0.405 e. The highest BCUT2D eigenvalue weighted by Crippen LogP contribution is 2.41. The van der Waals surface area contributed by atoms with Crippen molar-refractivity contribution in [1.29, 1.82) is 0 Å². The number of methoxy groups -OCH3 is 1. The average Bonchev–Trinajstić information content (AvgIpc) is 2.63. The number of rotatable bonds is 4. The Hall–Kier alpha value is -2.18. The lowest BCUT2D eigenvalue weighted by Gasteiger charge is -2.39. The maximum absolute atomic E-state index is 11.1. The van der Waals surface area contributed by atoms with Crippen LogP contribution in [0.4, 0.5) is 10.6 Å². The summed E-state index contributed by atoms with van der Waals surface area (Å²) in [4.78, 5) is 18.0. The van der Waals surface area contributed by atoms with Gasteiger partial charge in [-0.1, -0.05) is 35.3 Å². The van der Waals surface area contributed by atoms with Gasteiger partial charge in [0.05, 0.1) is 22.8 Å². The van der Waals surface area contributed by atoms with Crippen molar-refractivity contribution in [1.82, 2.24) is 4.98 Å². The number of carbonyl (C=O) groups excluding carboxylic acids is 1. The van der Waals surface area contributed by atoms with Crippen molar-refractivity contribution in [3.63, 3.8) is 0 Å². The van der Waals surface area contributed by atoms with Crippen LogP contribution in [-0.4, -0.2) is 36.9 Å². The fraction of sp³-hybridized carbons (Fsp3) is 0.400. The van der Waals surface area contributed by atoms with Crippen LogP contribution in [0.3, 0.4) is 0 Å². The van der Waals surface area contributed by atoms with Crippen LogP contribution >= 0.6 is 23.2 Å². The number of amides is 1. The number of aromatic nitrogens is 1. The third-order valence-corrected chi connectivity index (χ3v) is 5.90. The molecule has 150 valence electrons. The number of pyridine rings is 1. The van der Waals surface area contributed by atoms with E-state index >= 15 is 0 Å². The minimum Gasteiger partial charge on any atom is -0.496 e. The summed E-state index contributed by atoms with van der Waals surface area (Å²) < 4.78 is 10.9. The predicted molar refractivity (Wildman–Crippen MR) is 112 cm³/mol. The number of hydrogen-bond acceptors (Lipinski definition) is 5. The third kappa shape index (κ3) is 4.13. The molecule has 2 aromatic rings. The van der Waals surface area contributed by atoms with E-state index in [9.17, 15) is 4.79 Å². The highest BCUT2D eigenvalue weighted by Gasteiger charge is 2.34. The highest BCUT2D eigenvalue weighted by molar-refractivity contribution is 6.43. The first kappa shape index (κ1) is 20.6. The number of hydrogen-bond donors (Lipinski definition) is 1. The van der Waals surface area contributed by atoms with E-state index in [2.05, 4.69) is 4.90 Å². The Balaban J connectivity index is 1.91. The molecule has 1 fully saturated rings. The Morgan fingerprint density at radius 1 is 1.29 bits per heavy atom. The Bertz CT molecular complexity index is 897. The molecule has 1 aromatic heterocycles. The van der Waals surface area contributed by atoms with E-state index in [0.29, 0.717) is 41.7 Å². The van der Waals surface area contributed by atoms with Crippen molar-refractivity contribution < 1.29 is 14.3 Å². The number of ether oxygens (including phenoxy) is 2. The number of nitrogens with zero attached hydrogens (tertiary/aromatic N) is 2. The number of benzene rings is 1. The maximum atomic E-state index is 11.1. The van der Waals surface area contributed by atoms with Gasteiger partial charge in [-0.25, -0.2) is 9.78 Å². The number of carbonyl (C=O) groups is 1. The summed E-state index contributed by atoms with van der Waals surface area (Å²) in [5.41, 5.74) is 7.03. The monoisotopic (exact) mass is 423 g/mol. The molecule has 0 radical (unpaired) electrons. The molecule has 0 spiro atoms. The Morgan fingerprint density at radius 2 is 1.96 bits per heavy atom. The van der Waals surface area contributed by atoms with E-state index in [-0.39, 0.29) is 0 Å². The lowest BCUT2D eigenvalue weighted by atomic mass is 9.93. The average molecular weight is 424 g/mol. The normalized spacial score (nSPS) is 16.0. The van der Waals surface area contributed by atoms with Crippen LogP contribution in [0.1, 0.15) is 25.5 Å². The lowest BCUT2D eigenvalue weighted by Crippen LogP contribution is -2.46. The van der Waals surface area contributed by atoms with Crippen LogP contribution in [0.15, 0.2) is 24.3 Å². The second-order valence-corrected chi connectivity index (χ2v) is 7.89. The van der Waals surface area contributed by atoms with Crippen molar-refractivity contribution in [3.8, 4) is 16.9 Å². The number of halogens is 2. The van der Waals surface area contributed by atoms with Crippen molar-refractivity contribution in [3.05, 3.63) is 40.0 Å². The third-order valence-electron chi connectivity index (χ3n) is 5.08. The summed E-state index contributed by atoms with van der Waals surface area (Å²) >= 11 is 12.6. The van der Waals surface area contributed by atoms with Crippen molar-refractivity contribution in [2.45, 2.75) is 32.3 Å². The van der Waals surface area contributed by atoms with Crippen LogP contribution in [-0.2, 0) is 4.74 Å². The van der Waals surface area contributed by atoms with Crippen LogP contribution < -0.4 is 15.4 Å². The molecule has 0 atom stereocenters. The molecule has 1 amide bonds. The first-order valence-electron chi connectivity index (χ1n) is 8.97. The van der Waals surface area contributed by atoms with Gasteiger partial charge < -0.3 is 20.1 Å². The van der Waals surface area contributed by atoms with Crippen molar-refractivity contribution in [2.24, 2.45) is 5.73 Å². The van der Waals surface area contributed by atoms with Crippen LogP contribution in [0.2, 0.25) is 10.0 Å². The number of aryl methyl sites for hydroxylation is 1. The van der Waals surface area contributed by atoms with E-state index in [1.54, 1.807) is 13.2 Å². The molecule has 1 aliphatic heterocycles. The van der Waals surface area contributed by atoms with Gasteiger partial charge in [-0.05, 0) is 19.9 Å². The first-order chi connectivity index (χ1) is 13.2. The quantitative estimate of drug-likeness (QED) is 0.761. The van der Waals surface area contributed by atoms with Gasteiger partial charge in [0.25, 0.3) is 0 Å². The van der Waals surface area contributed by atoms with Gasteiger partial charge in [-0.2, -0.15) is 0 Å². The minimum atomic E-state index is -0.741. The second kappa shape index (κ2) is 8.05. The van der Waals surface area contributed by atoms with Gasteiger partial charge in [0.1, 0.15) is 17.2 Å². The summed E-state index contributed by atoms with van der Waals surface area (Å²) in [5, 5.41) is 0.951. The molecule has 0 saturated carbocycles. The molecular weight excluding hydrogens is 401 g/mol. The van der Waals surface area contributed by atoms with E-state index in [1.165, 1.54) is 0 Å². The molecule has 1 aromatic carbocycles. The molecule has 0 bridgehead atoms. The fourth-order valence-electron chi connectivity index (χ4n) is 3.53. The molecule has 0 unspecified atom stereocenters. The highest BCUT2D eigenvalue weighted by atomic mass is 35.5. The van der Waals surface area contributed by atoms with E-state index in [4.69, 9.17) is 43.4 Å². The molecule has 6 nitrogen and oxygen atoms in total. The number of piperidine rings is 1. The fourth-order valence-corrected chi connectivity index (χ4v) is 3.92.